The van der Waals surface area contributed by atoms with Crippen LogP contribution in [0.1, 0.15) is 65.7 Å². The average Bonchev–Trinajstić information content (AvgIpc) is 2.88. The van der Waals surface area contributed by atoms with Crippen molar-refractivity contribution in [2.75, 3.05) is 6.26 Å². The smallest absolute Gasteiger partial charge is 0.155 e. The Balaban J connectivity index is 1.69. The molecule has 0 radical (unpaired) electrons. The van der Waals surface area contributed by atoms with Gasteiger partial charge in [0.25, 0.3) is 0 Å². The molecule has 0 heterocycles. The summed E-state index contributed by atoms with van der Waals surface area (Å²) in [6.07, 6.45) is 11.9. The van der Waals surface area contributed by atoms with E-state index in [1.807, 2.05) is 24.8 Å². The molecule has 0 bridgehead atoms. The normalized spacial score (nSPS) is 49.0. The zero-order chi connectivity index (χ0) is 18.0. The van der Waals surface area contributed by atoms with Crippen LogP contribution < -0.4 is 0 Å². The topological polar surface area (TPSA) is 34.1 Å². The molecule has 0 aromatic carbocycles. The second-order valence-corrected chi connectivity index (χ2v) is 10.7. The lowest BCUT2D eigenvalue weighted by Gasteiger charge is -2.58. The largest absolute Gasteiger partial charge is 0.300 e. The third-order valence-corrected chi connectivity index (χ3v) is 9.78. The Hall–Kier alpha value is -0.570. The van der Waals surface area contributed by atoms with Crippen LogP contribution in [0, 0.1) is 34.5 Å². The van der Waals surface area contributed by atoms with Crippen LogP contribution in [0.5, 0.6) is 0 Å². The van der Waals surface area contributed by atoms with E-state index in [1.54, 1.807) is 0 Å². The van der Waals surface area contributed by atoms with Crippen LogP contribution in [-0.4, -0.2) is 23.1 Å². The Morgan fingerprint density at radius 1 is 1.16 bits per heavy atom. The molecule has 4 aliphatic rings. The molecule has 25 heavy (non-hydrogen) atoms. The molecule has 2 nitrogen and oxygen atoms in total. The number of carbonyl (C=O) groups excluding carboxylic acids is 2. The first-order valence-corrected chi connectivity index (χ1v) is 11.4. The van der Waals surface area contributed by atoms with Gasteiger partial charge in [-0.25, -0.2) is 0 Å². The number of thioether (sulfide) groups is 1. The van der Waals surface area contributed by atoms with Crippen molar-refractivity contribution in [3.8, 4) is 0 Å². The van der Waals surface area contributed by atoms with E-state index in [4.69, 9.17) is 0 Å². The highest BCUT2D eigenvalue weighted by molar-refractivity contribution is 7.99. The maximum absolute atomic E-state index is 12.5. The average molecular weight is 361 g/mol. The molecule has 3 fully saturated rings. The fourth-order valence-electron chi connectivity index (χ4n) is 7.51. The van der Waals surface area contributed by atoms with Crippen LogP contribution in [0.2, 0.25) is 0 Å². The number of ketones is 2. The first kappa shape index (κ1) is 17.8. The van der Waals surface area contributed by atoms with Crippen LogP contribution in [0.15, 0.2) is 11.6 Å². The lowest BCUT2D eigenvalue weighted by molar-refractivity contribution is -0.128. The van der Waals surface area contributed by atoms with Gasteiger partial charge in [-0.3, -0.25) is 9.59 Å². The van der Waals surface area contributed by atoms with Gasteiger partial charge < -0.3 is 0 Å². The van der Waals surface area contributed by atoms with Crippen LogP contribution in [0.4, 0.5) is 0 Å². The predicted octanol–water partition coefficient (Wildman–Crippen LogP) is 5.07. The van der Waals surface area contributed by atoms with Crippen molar-refractivity contribution >= 4 is 23.3 Å². The van der Waals surface area contributed by atoms with Gasteiger partial charge in [-0.15, -0.1) is 0 Å². The van der Waals surface area contributed by atoms with Crippen molar-refractivity contribution in [1.82, 2.24) is 0 Å². The number of carbonyl (C=O) groups is 2. The molecule has 3 heteroatoms. The minimum atomic E-state index is 0.197. The summed E-state index contributed by atoms with van der Waals surface area (Å²) in [5.41, 5.74) is 1.88. The molecule has 0 spiro atoms. The van der Waals surface area contributed by atoms with Gasteiger partial charge in [0, 0.05) is 17.6 Å². The first-order valence-electron chi connectivity index (χ1n) is 10.1. The van der Waals surface area contributed by atoms with Crippen LogP contribution >= 0.6 is 11.8 Å². The summed E-state index contributed by atoms with van der Waals surface area (Å²) in [4.78, 5) is 24.4. The van der Waals surface area contributed by atoms with Gasteiger partial charge in [-0.2, -0.15) is 11.8 Å². The monoisotopic (exact) mass is 360 g/mol. The lowest BCUT2D eigenvalue weighted by Crippen LogP contribution is -2.51. The SMILES string of the molecule is CSC1CC2C3CCC4=CC(=O)CCC4(C)C3CCC2(C)C1C(C)=O. The van der Waals surface area contributed by atoms with Crippen molar-refractivity contribution in [2.24, 2.45) is 34.5 Å². The number of hydrogen-bond donors (Lipinski definition) is 0. The third kappa shape index (κ3) is 2.44. The van der Waals surface area contributed by atoms with Crippen molar-refractivity contribution in [3.63, 3.8) is 0 Å². The van der Waals surface area contributed by atoms with Crippen LogP contribution in [-0.2, 0) is 9.59 Å². The highest BCUT2D eigenvalue weighted by atomic mass is 32.2. The molecule has 4 aliphatic carbocycles. The molecule has 0 saturated heterocycles. The van der Waals surface area contributed by atoms with Crippen molar-refractivity contribution in [3.05, 3.63) is 11.6 Å². The number of fused-ring (bicyclic) bond motifs is 5. The first-order chi connectivity index (χ1) is 11.8. The van der Waals surface area contributed by atoms with Gasteiger partial charge in [0.2, 0.25) is 0 Å². The third-order valence-electron chi connectivity index (χ3n) is 8.71. The van der Waals surface area contributed by atoms with E-state index in [0.717, 1.165) is 25.2 Å². The summed E-state index contributed by atoms with van der Waals surface area (Å²) in [5, 5.41) is 0.504. The van der Waals surface area contributed by atoms with Gasteiger partial charge in [0.1, 0.15) is 5.78 Å². The summed E-state index contributed by atoms with van der Waals surface area (Å²) in [5.74, 6) is 3.14. The summed E-state index contributed by atoms with van der Waals surface area (Å²) < 4.78 is 0. The molecule has 138 valence electrons. The zero-order valence-corrected chi connectivity index (χ0v) is 17.0. The van der Waals surface area contributed by atoms with Gasteiger partial charge in [0.05, 0.1) is 0 Å². The molecule has 0 aliphatic heterocycles. The van der Waals surface area contributed by atoms with E-state index >= 15 is 0 Å². The molecular weight excluding hydrogens is 328 g/mol. The number of rotatable bonds is 2. The Bertz CT molecular complexity index is 638. The Labute approximate surface area is 156 Å². The molecular formula is C22H32O2S. The number of hydrogen-bond acceptors (Lipinski definition) is 3. The maximum atomic E-state index is 12.5. The predicted molar refractivity (Wildman–Crippen MR) is 104 cm³/mol. The van der Waals surface area contributed by atoms with Gasteiger partial charge in [-0.05, 0) is 86.4 Å². The number of allylic oxidation sites excluding steroid dienone is 1. The highest BCUT2D eigenvalue weighted by Crippen LogP contribution is 2.67. The molecule has 0 amide bonds. The second kappa shape index (κ2) is 5.97. The lowest BCUT2D eigenvalue weighted by atomic mass is 9.46. The molecule has 4 rings (SSSR count). The molecule has 3 saturated carbocycles. The summed E-state index contributed by atoms with van der Waals surface area (Å²) >= 11 is 1.92. The van der Waals surface area contributed by atoms with E-state index in [9.17, 15) is 9.59 Å². The minimum absolute atomic E-state index is 0.197. The Kier molecular flexibility index (Phi) is 4.26. The van der Waals surface area contributed by atoms with Crippen molar-refractivity contribution in [1.29, 1.82) is 0 Å². The highest BCUT2D eigenvalue weighted by Gasteiger charge is 2.62. The maximum Gasteiger partial charge on any atom is 0.155 e. The van der Waals surface area contributed by atoms with E-state index in [1.165, 1.54) is 31.3 Å². The molecule has 0 N–H and O–H groups in total. The summed E-state index contributed by atoms with van der Waals surface area (Å²) in [6.45, 7) is 6.69. The van der Waals surface area contributed by atoms with E-state index < -0.39 is 0 Å². The molecule has 0 aromatic rings. The van der Waals surface area contributed by atoms with E-state index in [0.29, 0.717) is 28.7 Å². The van der Waals surface area contributed by atoms with Gasteiger partial charge in [0.15, 0.2) is 5.78 Å². The number of Topliss-reactive ketones (excluding diaryl/α,β-unsaturated/α-hetero) is 1. The summed E-state index contributed by atoms with van der Waals surface area (Å²) in [7, 11) is 0. The standard InChI is InChI=1S/C22H32O2S/c1-13(23)20-19(25-4)12-18-16-6-5-14-11-15(24)7-9-21(14,2)17(16)8-10-22(18,20)3/h11,16-20H,5-10,12H2,1-4H3. The molecule has 7 unspecified atom stereocenters. The second-order valence-electron chi connectivity index (χ2n) is 9.61. The van der Waals surface area contributed by atoms with Gasteiger partial charge in [-0.1, -0.05) is 19.4 Å². The summed E-state index contributed by atoms with van der Waals surface area (Å²) in [6, 6.07) is 0. The fourth-order valence-corrected chi connectivity index (χ4v) is 8.68. The fraction of sp³-hybridized carbons (Fsp3) is 0.818. The van der Waals surface area contributed by atoms with E-state index in [-0.39, 0.29) is 16.7 Å². The quantitative estimate of drug-likeness (QED) is 0.690. The van der Waals surface area contributed by atoms with Crippen LogP contribution in [0.25, 0.3) is 0 Å². The molecule has 0 aromatic heterocycles. The molecule has 7 atom stereocenters. The van der Waals surface area contributed by atoms with Crippen molar-refractivity contribution < 1.29 is 9.59 Å². The Morgan fingerprint density at radius 2 is 1.92 bits per heavy atom. The van der Waals surface area contributed by atoms with E-state index in [2.05, 4.69) is 20.1 Å². The van der Waals surface area contributed by atoms with Gasteiger partial charge >= 0.3 is 0 Å². The Morgan fingerprint density at radius 3 is 2.60 bits per heavy atom. The minimum Gasteiger partial charge on any atom is -0.300 e. The zero-order valence-electron chi connectivity index (χ0n) is 16.1. The van der Waals surface area contributed by atoms with Crippen LogP contribution in [0.3, 0.4) is 0 Å². The van der Waals surface area contributed by atoms with Crippen molar-refractivity contribution in [2.45, 2.75) is 71.0 Å².